The van der Waals surface area contributed by atoms with Crippen LogP contribution in [0.2, 0.25) is 0 Å². The summed E-state index contributed by atoms with van der Waals surface area (Å²) in [6.07, 6.45) is 3.92. The second-order valence-electron chi connectivity index (χ2n) is 6.22. The number of rotatable bonds is 2. The lowest BCUT2D eigenvalue weighted by molar-refractivity contribution is -0.113. The lowest BCUT2D eigenvalue weighted by Crippen LogP contribution is -2.46. The molecule has 0 aliphatic heterocycles. The van der Waals surface area contributed by atoms with Gasteiger partial charge in [-0.05, 0) is 51.9 Å². The Morgan fingerprint density at radius 1 is 1.29 bits per heavy atom. The van der Waals surface area contributed by atoms with Crippen molar-refractivity contribution in [3.05, 3.63) is 0 Å². The topological polar surface area (TPSA) is 55.4 Å². The van der Waals surface area contributed by atoms with Crippen LogP contribution < -0.4 is 5.32 Å². The number of nitrogens with one attached hydrogen (secondary N) is 1. The van der Waals surface area contributed by atoms with Crippen molar-refractivity contribution in [2.24, 2.45) is 17.8 Å². The molecule has 0 aromatic rings. The van der Waals surface area contributed by atoms with E-state index in [0.717, 1.165) is 25.5 Å². The third kappa shape index (κ3) is 2.61. The van der Waals surface area contributed by atoms with Gasteiger partial charge in [-0.25, -0.2) is 4.79 Å². The van der Waals surface area contributed by atoms with Gasteiger partial charge in [-0.3, -0.25) is 0 Å². The molecule has 0 spiro atoms. The number of carbonyl (C=O) groups excluding carboxylic acids is 2. The molecular weight excluding hydrogens is 218 g/mol. The number of alkyl carbamates (subject to hydrolysis) is 1. The summed E-state index contributed by atoms with van der Waals surface area (Å²) in [5.41, 5.74) is -0.488. The van der Waals surface area contributed by atoms with Gasteiger partial charge in [-0.2, -0.15) is 0 Å². The zero-order valence-corrected chi connectivity index (χ0v) is 10.7. The third-order valence-electron chi connectivity index (χ3n) is 3.82. The van der Waals surface area contributed by atoms with E-state index in [1.54, 1.807) is 0 Å². The van der Waals surface area contributed by atoms with Gasteiger partial charge in [0.05, 0.1) is 0 Å². The summed E-state index contributed by atoms with van der Waals surface area (Å²) in [5, 5.41) is 2.88. The van der Waals surface area contributed by atoms with Gasteiger partial charge >= 0.3 is 6.09 Å². The van der Waals surface area contributed by atoms with Crippen LogP contribution in [0, 0.1) is 17.8 Å². The molecule has 0 unspecified atom stereocenters. The van der Waals surface area contributed by atoms with E-state index in [2.05, 4.69) is 5.32 Å². The highest BCUT2D eigenvalue weighted by Crippen LogP contribution is 2.47. The van der Waals surface area contributed by atoms with Crippen LogP contribution >= 0.6 is 0 Å². The molecule has 96 valence electrons. The van der Waals surface area contributed by atoms with E-state index in [0.29, 0.717) is 11.8 Å². The quantitative estimate of drug-likeness (QED) is 0.751. The van der Waals surface area contributed by atoms with Gasteiger partial charge in [0.25, 0.3) is 0 Å². The van der Waals surface area contributed by atoms with Crippen LogP contribution in [0.4, 0.5) is 4.79 Å². The second-order valence-corrected chi connectivity index (χ2v) is 6.22. The molecule has 0 aromatic heterocycles. The van der Waals surface area contributed by atoms with Gasteiger partial charge in [-0.1, -0.05) is 0 Å². The zero-order chi connectivity index (χ0) is 12.6. The average molecular weight is 239 g/mol. The van der Waals surface area contributed by atoms with Crippen molar-refractivity contribution in [1.82, 2.24) is 5.32 Å². The molecule has 2 aliphatic carbocycles. The summed E-state index contributed by atoms with van der Waals surface area (Å²) < 4.78 is 5.23. The molecule has 1 N–H and O–H groups in total. The predicted molar refractivity (Wildman–Crippen MR) is 63.5 cm³/mol. The Bertz CT molecular complexity index is 321. The van der Waals surface area contributed by atoms with Crippen LogP contribution in [0.1, 0.15) is 40.0 Å². The van der Waals surface area contributed by atoms with Gasteiger partial charge in [0.1, 0.15) is 11.9 Å². The Morgan fingerprint density at radius 3 is 2.53 bits per heavy atom. The molecular formula is C13H21NO3. The van der Waals surface area contributed by atoms with Crippen LogP contribution in [0.3, 0.4) is 0 Å². The van der Waals surface area contributed by atoms with Crippen LogP contribution in [0.15, 0.2) is 0 Å². The van der Waals surface area contributed by atoms with E-state index < -0.39 is 11.7 Å². The highest BCUT2D eigenvalue weighted by atomic mass is 16.6. The maximum Gasteiger partial charge on any atom is 0.407 e. The smallest absolute Gasteiger partial charge is 0.407 e. The number of hydrogen-bond acceptors (Lipinski definition) is 3. The maximum atomic E-state index is 11.7. The molecule has 2 bridgehead atoms. The molecule has 0 saturated heterocycles. The van der Waals surface area contributed by atoms with Crippen LogP contribution in [-0.2, 0) is 9.53 Å². The molecule has 4 heteroatoms. The molecule has 0 radical (unpaired) electrons. The fourth-order valence-corrected chi connectivity index (χ4v) is 3.19. The Labute approximate surface area is 102 Å². The predicted octanol–water partition coefficient (Wildman–Crippen LogP) is 2.12. The van der Waals surface area contributed by atoms with Gasteiger partial charge in [0, 0.05) is 12.0 Å². The minimum atomic E-state index is -0.488. The van der Waals surface area contributed by atoms with Crippen molar-refractivity contribution in [3.8, 4) is 0 Å². The van der Waals surface area contributed by atoms with Gasteiger partial charge in [0.15, 0.2) is 0 Å². The Morgan fingerprint density at radius 2 is 1.94 bits per heavy atom. The van der Waals surface area contributed by atoms with Gasteiger partial charge in [0.2, 0.25) is 0 Å². The number of carbonyl (C=O) groups is 2. The maximum absolute atomic E-state index is 11.7. The first-order chi connectivity index (χ1) is 7.90. The highest BCUT2D eigenvalue weighted by molar-refractivity contribution is 5.69. The summed E-state index contributed by atoms with van der Waals surface area (Å²) in [5.74, 6) is 0.918. The Kier molecular flexibility index (Phi) is 3.15. The van der Waals surface area contributed by atoms with E-state index in [1.165, 1.54) is 0 Å². The molecule has 0 heterocycles. The fraction of sp³-hybridized carbons (Fsp3) is 0.846. The van der Waals surface area contributed by atoms with Crippen LogP contribution in [0.5, 0.6) is 0 Å². The standard InChI is InChI=1S/C13H21NO3/c1-13(2,3)17-12(16)14-11-9-5-4-8(6-9)10(11)7-15/h7-11H,4-6H2,1-3H3,(H,14,16)/t8-,9-,10-,11-/m0/s1. The number of amides is 1. The Balaban J connectivity index is 1.94. The molecule has 2 fully saturated rings. The first-order valence-electron chi connectivity index (χ1n) is 6.35. The molecule has 0 aromatic carbocycles. The first kappa shape index (κ1) is 12.4. The van der Waals surface area contributed by atoms with E-state index in [1.807, 2.05) is 20.8 Å². The summed E-state index contributed by atoms with van der Waals surface area (Å²) in [7, 11) is 0. The Hall–Kier alpha value is -1.06. The van der Waals surface area contributed by atoms with Crippen LogP contribution in [0.25, 0.3) is 0 Å². The van der Waals surface area contributed by atoms with E-state index in [4.69, 9.17) is 4.74 Å². The molecule has 1 amide bonds. The third-order valence-corrected chi connectivity index (χ3v) is 3.82. The van der Waals surface area contributed by atoms with Crippen molar-refractivity contribution < 1.29 is 14.3 Å². The van der Waals surface area contributed by atoms with E-state index in [9.17, 15) is 9.59 Å². The minimum Gasteiger partial charge on any atom is -0.444 e. The van der Waals surface area contributed by atoms with Gasteiger partial charge < -0.3 is 14.8 Å². The SMILES string of the molecule is CC(C)(C)OC(=O)N[C@H]1[C@H]2CC[C@@H](C2)[C@@H]1C=O. The number of aldehydes is 1. The molecule has 17 heavy (non-hydrogen) atoms. The fourth-order valence-electron chi connectivity index (χ4n) is 3.19. The summed E-state index contributed by atoms with van der Waals surface area (Å²) in [6, 6.07) is -0.0129. The largest absolute Gasteiger partial charge is 0.444 e. The lowest BCUT2D eigenvalue weighted by Gasteiger charge is -2.29. The number of hydrogen-bond donors (Lipinski definition) is 1. The zero-order valence-electron chi connectivity index (χ0n) is 10.7. The normalized spacial score (nSPS) is 35.7. The molecule has 4 atom stereocenters. The second kappa shape index (κ2) is 4.31. The van der Waals surface area contributed by atoms with Gasteiger partial charge in [-0.15, -0.1) is 0 Å². The van der Waals surface area contributed by atoms with Crippen LogP contribution in [-0.4, -0.2) is 24.0 Å². The van der Waals surface area contributed by atoms with E-state index in [-0.39, 0.29) is 12.0 Å². The van der Waals surface area contributed by atoms with Crippen molar-refractivity contribution in [2.45, 2.75) is 51.7 Å². The van der Waals surface area contributed by atoms with Crippen molar-refractivity contribution >= 4 is 12.4 Å². The van der Waals surface area contributed by atoms with Crippen molar-refractivity contribution in [3.63, 3.8) is 0 Å². The van der Waals surface area contributed by atoms with Crippen molar-refractivity contribution in [1.29, 1.82) is 0 Å². The minimum absolute atomic E-state index is 0.0127. The summed E-state index contributed by atoms with van der Waals surface area (Å²) >= 11 is 0. The number of fused-ring (bicyclic) bond motifs is 2. The highest BCUT2D eigenvalue weighted by Gasteiger charge is 2.48. The summed E-state index contributed by atoms with van der Waals surface area (Å²) in [4.78, 5) is 22.8. The molecule has 4 nitrogen and oxygen atoms in total. The monoisotopic (exact) mass is 239 g/mol. The van der Waals surface area contributed by atoms with E-state index >= 15 is 0 Å². The number of ether oxygens (including phenoxy) is 1. The molecule has 2 rings (SSSR count). The molecule has 2 saturated carbocycles. The average Bonchev–Trinajstić information content (AvgIpc) is 2.74. The molecule has 2 aliphatic rings. The first-order valence-corrected chi connectivity index (χ1v) is 6.35. The van der Waals surface area contributed by atoms with Crippen molar-refractivity contribution in [2.75, 3.05) is 0 Å². The lowest BCUT2D eigenvalue weighted by atomic mass is 9.85. The summed E-state index contributed by atoms with van der Waals surface area (Å²) in [6.45, 7) is 5.51.